The summed E-state index contributed by atoms with van der Waals surface area (Å²) in [7, 11) is 0. The van der Waals surface area contributed by atoms with E-state index in [4.69, 9.17) is 5.11 Å². The van der Waals surface area contributed by atoms with Crippen LogP contribution in [0.15, 0.2) is 42.6 Å². The van der Waals surface area contributed by atoms with Gasteiger partial charge in [-0.3, -0.25) is 0 Å². The topological polar surface area (TPSA) is 77.5 Å². The first kappa shape index (κ1) is 17.2. The fraction of sp³-hybridized carbons (Fsp3) is 0.333. The summed E-state index contributed by atoms with van der Waals surface area (Å²) in [5, 5.41) is 14.8. The van der Waals surface area contributed by atoms with Crippen molar-refractivity contribution in [3.8, 4) is 0 Å². The number of pyridine rings is 1. The number of rotatable bonds is 5. The standard InChI is InChI=1S/C18H21FN4O2/c19-16-5-4-13(9-14(16)12-24)10-21-18(25)22-15-6-8-23(11-15)17-3-1-2-7-20-17/h1-5,7,9,15,24H,6,8,10-12H2,(H2,21,22,25). The Bertz CT molecular complexity index is 726. The Balaban J connectivity index is 1.47. The van der Waals surface area contributed by atoms with E-state index in [1.807, 2.05) is 18.2 Å². The van der Waals surface area contributed by atoms with Crippen LogP contribution in [0.1, 0.15) is 17.5 Å². The molecule has 7 heteroatoms. The number of hydrogen-bond donors (Lipinski definition) is 3. The molecule has 132 valence electrons. The molecule has 1 aliphatic heterocycles. The van der Waals surface area contributed by atoms with Crippen molar-refractivity contribution in [2.45, 2.75) is 25.6 Å². The summed E-state index contributed by atoms with van der Waals surface area (Å²) in [4.78, 5) is 18.5. The Labute approximate surface area is 145 Å². The van der Waals surface area contributed by atoms with Crippen molar-refractivity contribution in [2.24, 2.45) is 0 Å². The number of amides is 2. The van der Waals surface area contributed by atoms with Gasteiger partial charge < -0.3 is 20.6 Å². The maximum Gasteiger partial charge on any atom is 0.315 e. The van der Waals surface area contributed by atoms with Crippen LogP contribution in [0.2, 0.25) is 0 Å². The zero-order valence-electron chi connectivity index (χ0n) is 13.8. The average molecular weight is 344 g/mol. The van der Waals surface area contributed by atoms with Gasteiger partial charge in [0.15, 0.2) is 0 Å². The van der Waals surface area contributed by atoms with Crippen LogP contribution in [0, 0.1) is 5.82 Å². The minimum Gasteiger partial charge on any atom is -0.392 e. The average Bonchev–Trinajstić information content (AvgIpc) is 3.10. The lowest BCUT2D eigenvalue weighted by atomic mass is 10.1. The molecule has 3 N–H and O–H groups in total. The minimum atomic E-state index is -0.448. The number of benzene rings is 1. The third kappa shape index (κ3) is 4.45. The van der Waals surface area contributed by atoms with Crippen molar-refractivity contribution in [1.29, 1.82) is 0 Å². The van der Waals surface area contributed by atoms with Crippen molar-refractivity contribution in [2.75, 3.05) is 18.0 Å². The number of aliphatic hydroxyl groups excluding tert-OH is 1. The number of aromatic nitrogens is 1. The first-order chi connectivity index (χ1) is 12.2. The van der Waals surface area contributed by atoms with Gasteiger partial charge in [-0.2, -0.15) is 0 Å². The van der Waals surface area contributed by atoms with Crippen LogP contribution in [0.25, 0.3) is 0 Å². The summed E-state index contributed by atoms with van der Waals surface area (Å²) in [6.45, 7) is 1.47. The molecule has 2 aromatic rings. The van der Waals surface area contributed by atoms with Crippen molar-refractivity contribution in [3.05, 3.63) is 59.5 Å². The number of carbonyl (C=O) groups is 1. The van der Waals surface area contributed by atoms with E-state index < -0.39 is 5.82 Å². The number of anilines is 1. The van der Waals surface area contributed by atoms with Gasteiger partial charge in [0.2, 0.25) is 0 Å². The van der Waals surface area contributed by atoms with E-state index in [9.17, 15) is 9.18 Å². The van der Waals surface area contributed by atoms with E-state index >= 15 is 0 Å². The highest BCUT2D eigenvalue weighted by molar-refractivity contribution is 5.74. The van der Waals surface area contributed by atoms with Crippen LogP contribution < -0.4 is 15.5 Å². The largest absolute Gasteiger partial charge is 0.392 e. The SMILES string of the molecule is O=C(NCc1ccc(F)c(CO)c1)NC1CCN(c2ccccn2)C1. The van der Waals surface area contributed by atoms with E-state index in [0.29, 0.717) is 0 Å². The molecular formula is C18H21FN4O2. The van der Waals surface area contributed by atoms with Gasteiger partial charge in [-0.25, -0.2) is 14.2 Å². The van der Waals surface area contributed by atoms with Crippen LogP contribution in [-0.2, 0) is 13.2 Å². The smallest absolute Gasteiger partial charge is 0.315 e. The van der Waals surface area contributed by atoms with Crippen LogP contribution in [-0.4, -0.2) is 35.3 Å². The Morgan fingerprint density at radius 3 is 3.00 bits per heavy atom. The lowest BCUT2D eigenvalue weighted by Gasteiger charge is -2.18. The van der Waals surface area contributed by atoms with E-state index in [0.717, 1.165) is 30.9 Å². The van der Waals surface area contributed by atoms with Crippen molar-refractivity contribution >= 4 is 11.8 Å². The number of aliphatic hydroxyl groups is 1. The van der Waals surface area contributed by atoms with Gasteiger partial charge in [0.1, 0.15) is 11.6 Å². The fourth-order valence-corrected chi connectivity index (χ4v) is 2.90. The molecule has 0 radical (unpaired) electrons. The molecule has 1 aromatic carbocycles. The number of halogens is 1. The summed E-state index contributed by atoms with van der Waals surface area (Å²) < 4.78 is 13.3. The van der Waals surface area contributed by atoms with Gasteiger partial charge in [0.05, 0.1) is 6.61 Å². The first-order valence-electron chi connectivity index (χ1n) is 8.24. The molecule has 0 bridgehead atoms. The fourth-order valence-electron chi connectivity index (χ4n) is 2.90. The summed E-state index contributed by atoms with van der Waals surface area (Å²) in [5.41, 5.74) is 0.962. The highest BCUT2D eigenvalue weighted by Gasteiger charge is 2.24. The molecule has 2 heterocycles. The molecule has 1 saturated heterocycles. The van der Waals surface area contributed by atoms with Gasteiger partial charge in [0.25, 0.3) is 0 Å². The maximum atomic E-state index is 13.3. The number of nitrogens with zero attached hydrogens (tertiary/aromatic N) is 2. The molecule has 1 unspecified atom stereocenters. The Morgan fingerprint density at radius 2 is 2.24 bits per heavy atom. The van der Waals surface area contributed by atoms with Crippen molar-refractivity contribution < 1.29 is 14.3 Å². The quantitative estimate of drug-likeness (QED) is 0.773. The number of nitrogens with one attached hydrogen (secondary N) is 2. The highest BCUT2D eigenvalue weighted by Crippen LogP contribution is 2.17. The van der Waals surface area contributed by atoms with Crippen LogP contribution in [0.3, 0.4) is 0 Å². The molecule has 2 amide bonds. The van der Waals surface area contributed by atoms with Gasteiger partial charge in [-0.1, -0.05) is 12.1 Å². The monoisotopic (exact) mass is 344 g/mol. The Morgan fingerprint density at radius 1 is 1.36 bits per heavy atom. The second-order valence-corrected chi connectivity index (χ2v) is 6.03. The predicted molar refractivity (Wildman–Crippen MR) is 92.5 cm³/mol. The zero-order valence-corrected chi connectivity index (χ0v) is 13.8. The third-order valence-corrected chi connectivity index (χ3v) is 4.23. The molecule has 1 aliphatic rings. The van der Waals surface area contributed by atoms with Gasteiger partial charge in [-0.05, 0) is 36.2 Å². The number of hydrogen-bond acceptors (Lipinski definition) is 4. The van der Waals surface area contributed by atoms with Crippen LogP contribution in [0.4, 0.5) is 15.0 Å². The van der Waals surface area contributed by atoms with Crippen LogP contribution >= 0.6 is 0 Å². The van der Waals surface area contributed by atoms with Crippen molar-refractivity contribution in [3.63, 3.8) is 0 Å². The van der Waals surface area contributed by atoms with Crippen LogP contribution in [0.5, 0.6) is 0 Å². The Hall–Kier alpha value is -2.67. The molecule has 6 nitrogen and oxygen atoms in total. The summed E-state index contributed by atoms with van der Waals surface area (Å²) in [6.07, 6.45) is 2.61. The Kier molecular flexibility index (Phi) is 5.45. The number of urea groups is 1. The molecule has 25 heavy (non-hydrogen) atoms. The van der Waals surface area contributed by atoms with E-state index in [2.05, 4.69) is 20.5 Å². The van der Waals surface area contributed by atoms with E-state index in [-0.39, 0.29) is 30.8 Å². The molecule has 3 rings (SSSR count). The van der Waals surface area contributed by atoms with Crippen molar-refractivity contribution in [1.82, 2.24) is 15.6 Å². The van der Waals surface area contributed by atoms with E-state index in [1.165, 1.54) is 6.07 Å². The maximum absolute atomic E-state index is 13.3. The molecular weight excluding hydrogens is 323 g/mol. The third-order valence-electron chi connectivity index (χ3n) is 4.23. The summed E-state index contributed by atoms with van der Waals surface area (Å²) in [5.74, 6) is 0.464. The lowest BCUT2D eigenvalue weighted by molar-refractivity contribution is 0.237. The minimum absolute atomic E-state index is 0.0585. The molecule has 1 fully saturated rings. The van der Waals surface area contributed by atoms with Gasteiger partial charge in [-0.15, -0.1) is 0 Å². The first-order valence-corrected chi connectivity index (χ1v) is 8.24. The van der Waals surface area contributed by atoms with E-state index in [1.54, 1.807) is 18.3 Å². The lowest BCUT2D eigenvalue weighted by Crippen LogP contribution is -2.43. The molecule has 0 spiro atoms. The summed E-state index contributed by atoms with van der Waals surface area (Å²) in [6, 6.07) is 10.0. The molecule has 1 aromatic heterocycles. The predicted octanol–water partition coefficient (Wildman–Crippen LogP) is 1.79. The number of carbonyl (C=O) groups excluding carboxylic acids is 1. The second kappa shape index (κ2) is 7.94. The molecule has 0 saturated carbocycles. The molecule has 0 aliphatic carbocycles. The van der Waals surface area contributed by atoms with Gasteiger partial charge in [0, 0.05) is 37.4 Å². The normalized spacial score (nSPS) is 16.7. The highest BCUT2D eigenvalue weighted by atomic mass is 19.1. The molecule has 1 atom stereocenters. The van der Waals surface area contributed by atoms with Gasteiger partial charge >= 0.3 is 6.03 Å². The zero-order chi connectivity index (χ0) is 17.6. The second-order valence-electron chi connectivity index (χ2n) is 6.03. The summed E-state index contributed by atoms with van der Waals surface area (Å²) >= 11 is 0.